The van der Waals surface area contributed by atoms with Crippen molar-refractivity contribution in [3.8, 4) is 0 Å². The summed E-state index contributed by atoms with van der Waals surface area (Å²) in [6.45, 7) is 13.3. The van der Waals surface area contributed by atoms with E-state index < -0.39 is 6.10 Å². The van der Waals surface area contributed by atoms with Crippen LogP contribution in [-0.2, 0) is 0 Å². The first kappa shape index (κ1) is 12.7. The van der Waals surface area contributed by atoms with Crippen molar-refractivity contribution in [3.05, 3.63) is 35.3 Å². The molecule has 0 saturated carbocycles. The molecule has 1 aromatic rings. The molecular weight excluding hydrogens is 200 g/mol. The molecule has 3 nitrogen and oxygen atoms in total. The molecule has 0 radical (unpaired) electrons. The van der Waals surface area contributed by atoms with Crippen molar-refractivity contribution in [1.82, 2.24) is 4.98 Å². The minimum atomic E-state index is -0.569. The standard InChI is InChI=1S/C13H18N2O/c1-13(2,3)9-8-11(16)10-6-5-7-12(14-4)15-10/h5-7,11,16H,8-9H2,1-3H3/t11-/m0/s1. The summed E-state index contributed by atoms with van der Waals surface area (Å²) < 4.78 is 0. The zero-order valence-electron chi connectivity index (χ0n) is 10.1. The van der Waals surface area contributed by atoms with Crippen molar-refractivity contribution in [2.75, 3.05) is 0 Å². The monoisotopic (exact) mass is 218 g/mol. The van der Waals surface area contributed by atoms with Gasteiger partial charge in [-0.05, 0) is 30.4 Å². The predicted octanol–water partition coefficient (Wildman–Crippen LogP) is 3.49. The topological polar surface area (TPSA) is 37.5 Å². The largest absolute Gasteiger partial charge is 0.385 e. The van der Waals surface area contributed by atoms with Crippen LogP contribution in [-0.4, -0.2) is 10.1 Å². The summed E-state index contributed by atoms with van der Waals surface area (Å²) in [6, 6.07) is 5.17. The lowest BCUT2D eigenvalue weighted by molar-refractivity contribution is 0.143. The van der Waals surface area contributed by atoms with Gasteiger partial charge >= 0.3 is 0 Å². The summed E-state index contributed by atoms with van der Waals surface area (Å²) in [7, 11) is 0. The fourth-order valence-corrected chi connectivity index (χ4v) is 1.41. The fraction of sp³-hybridized carbons (Fsp3) is 0.538. The summed E-state index contributed by atoms with van der Waals surface area (Å²) in [5.74, 6) is 0.340. The Morgan fingerprint density at radius 3 is 2.69 bits per heavy atom. The number of hydrogen-bond donors (Lipinski definition) is 1. The lowest BCUT2D eigenvalue weighted by atomic mass is 9.89. The van der Waals surface area contributed by atoms with E-state index in [1.807, 2.05) is 0 Å². The molecule has 1 atom stereocenters. The second-order valence-electron chi connectivity index (χ2n) is 5.15. The molecule has 0 amide bonds. The summed E-state index contributed by atoms with van der Waals surface area (Å²) in [4.78, 5) is 7.34. The van der Waals surface area contributed by atoms with Crippen LogP contribution in [0.5, 0.6) is 0 Å². The smallest absolute Gasteiger partial charge is 0.269 e. The van der Waals surface area contributed by atoms with Crippen molar-refractivity contribution in [2.24, 2.45) is 5.41 Å². The molecular formula is C13H18N2O. The Kier molecular flexibility index (Phi) is 4.03. The van der Waals surface area contributed by atoms with Gasteiger partial charge < -0.3 is 9.95 Å². The Morgan fingerprint density at radius 2 is 2.12 bits per heavy atom. The van der Waals surface area contributed by atoms with E-state index in [0.29, 0.717) is 17.9 Å². The van der Waals surface area contributed by atoms with Gasteiger partial charge in [-0.15, -0.1) is 4.98 Å². The lowest BCUT2D eigenvalue weighted by Gasteiger charge is -2.19. The van der Waals surface area contributed by atoms with E-state index >= 15 is 0 Å². The third kappa shape index (κ3) is 4.00. The third-order valence-electron chi connectivity index (χ3n) is 2.38. The highest BCUT2D eigenvalue weighted by atomic mass is 16.3. The first-order valence-corrected chi connectivity index (χ1v) is 5.45. The van der Waals surface area contributed by atoms with E-state index in [-0.39, 0.29) is 5.41 Å². The Hall–Kier alpha value is -1.40. The van der Waals surface area contributed by atoms with Crippen LogP contribution in [0.2, 0.25) is 0 Å². The van der Waals surface area contributed by atoms with Crippen LogP contribution in [0.15, 0.2) is 18.2 Å². The van der Waals surface area contributed by atoms with E-state index in [0.717, 1.165) is 6.42 Å². The van der Waals surface area contributed by atoms with Gasteiger partial charge in [-0.2, -0.15) is 0 Å². The highest BCUT2D eigenvalue weighted by molar-refractivity contribution is 5.36. The van der Waals surface area contributed by atoms with Crippen molar-refractivity contribution in [1.29, 1.82) is 0 Å². The minimum Gasteiger partial charge on any atom is -0.385 e. The van der Waals surface area contributed by atoms with Gasteiger partial charge in [0.05, 0.1) is 0 Å². The quantitative estimate of drug-likeness (QED) is 0.788. The first-order valence-electron chi connectivity index (χ1n) is 5.45. The minimum absolute atomic E-state index is 0.207. The molecule has 0 spiro atoms. The molecule has 16 heavy (non-hydrogen) atoms. The van der Waals surface area contributed by atoms with Crippen LogP contribution in [0.25, 0.3) is 4.85 Å². The molecule has 0 aliphatic carbocycles. The van der Waals surface area contributed by atoms with Crippen LogP contribution in [0, 0.1) is 12.0 Å². The van der Waals surface area contributed by atoms with Crippen LogP contribution < -0.4 is 0 Å². The maximum Gasteiger partial charge on any atom is 0.269 e. The van der Waals surface area contributed by atoms with Gasteiger partial charge in [0.15, 0.2) is 5.69 Å². The number of nitrogens with zero attached hydrogens (tertiary/aromatic N) is 2. The average Bonchev–Trinajstić information content (AvgIpc) is 2.25. The van der Waals surface area contributed by atoms with E-state index in [1.54, 1.807) is 18.2 Å². The maximum atomic E-state index is 9.94. The molecule has 0 aliphatic heterocycles. The molecule has 1 rings (SSSR count). The lowest BCUT2D eigenvalue weighted by Crippen LogP contribution is -2.09. The van der Waals surface area contributed by atoms with Crippen LogP contribution in [0.1, 0.15) is 45.4 Å². The normalized spacial score (nSPS) is 13.2. The summed E-state index contributed by atoms with van der Waals surface area (Å²) in [6.07, 6.45) is 1.04. The van der Waals surface area contributed by atoms with Gasteiger partial charge in [-0.3, -0.25) is 0 Å². The Morgan fingerprint density at radius 1 is 1.44 bits per heavy atom. The predicted molar refractivity (Wildman–Crippen MR) is 64.1 cm³/mol. The Labute approximate surface area is 97.0 Å². The molecule has 0 bridgehead atoms. The molecule has 86 valence electrons. The van der Waals surface area contributed by atoms with Gasteiger partial charge in [-0.1, -0.05) is 33.4 Å². The van der Waals surface area contributed by atoms with Gasteiger partial charge in [0.25, 0.3) is 5.82 Å². The van der Waals surface area contributed by atoms with Gasteiger partial charge in [0.2, 0.25) is 0 Å². The molecule has 1 aromatic heterocycles. The number of aromatic nitrogens is 1. The Balaban J connectivity index is 2.66. The number of pyridine rings is 1. The summed E-state index contributed by atoms with van der Waals surface area (Å²) in [5, 5.41) is 9.94. The molecule has 1 heterocycles. The number of rotatable bonds is 3. The highest BCUT2D eigenvalue weighted by Crippen LogP contribution is 2.27. The third-order valence-corrected chi connectivity index (χ3v) is 2.38. The molecule has 3 heteroatoms. The van der Waals surface area contributed by atoms with Crippen LogP contribution in [0.4, 0.5) is 5.82 Å². The molecule has 0 fully saturated rings. The maximum absolute atomic E-state index is 9.94. The number of aliphatic hydroxyl groups excluding tert-OH is 1. The van der Waals surface area contributed by atoms with Crippen molar-refractivity contribution in [2.45, 2.75) is 39.7 Å². The molecule has 0 unspecified atom stereocenters. The van der Waals surface area contributed by atoms with E-state index in [4.69, 9.17) is 6.57 Å². The van der Waals surface area contributed by atoms with Crippen molar-refractivity contribution in [3.63, 3.8) is 0 Å². The Bertz CT molecular complexity index is 388. The molecule has 0 saturated heterocycles. The second-order valence-corrected chi connectivity index (χ2v) is 5.15. The second kappa shape index (κ2) is 5.09. The van der Waals surface area contributed by atoms with Gasteiger partial charge in [-0.25, -0.2) is 0 Å². The van der Waals surface area contributed by atoms with Crippen LogP contribution >= 0.6 is 0 Å². The molecule has 1 N–H and O–H groups in total. The van der Waals surface area contributed by atoms with Crippen molar-refractivity contribution >= 4 is 5.82 Å². The van der Waals surface area contributed by atoms with Gasteiger partial charge in [0, 0.05) is 0 Å². The van der Waals surface area contributed by atoms with E-state index in [2.05, 4.69) is 30.6 Å². The summed E-state index contributed by atoms with van der Waals surface area (Å²) in [5.41, 5.74) is 0.802. The average molecular weight is 218 g/mol. The molecule has 0 aliphatic rings. The van der Waals surface area contributed by atoms with E-state index in [1.165, 1.54) is 0 Å². The van der Waals surface area contributed by atoms with Gasteiger partial charge in [0.1, 0.15) is 6.10 Å². The highest BCUT2D eigenvalue weighted by Gasteiger charge is 2.17. The SMILES string of the molecule is [C-]#[N+]c1cccc([C@@H](O)CCC(C)(C)C)n1. The summed E-state index contributed by atoms with van der Waals surface area (Å²) >= 11 is 0. The van der Waals surface area contributed by atoms with Crippen LogP contribution in [0.3, 0.4) is 0 Å². The first-order chi connectivity index (χ1) is 7.42. The number of aliphatic hydroxyl groups is 1. The number of hydrogen-bond acceptors (Lipinski definition) is 2. The fourth-order valence-electron chi connectivity index (χ4n) is 1.41. The molecule has 0 aromatic carbocycles. The zero-order valence-corrected chi connectivity index (χ0v) is 10.1. The van der Waals surface area contributed by atoms with Crippen molar-refractivity contribution < 1.29 is 5.11 Å². The van der Waals surface area contributed by atoms with E-state index in [9.17, 15) is 5.11 Å². The zero-order chi connectivity index (χ0) is 12.2.